The zero-order chi connectivity index (χ0) is 12.4. The molecule has 92 valence electrons. The molecule has 0 aromatic heterocycles. The van der Waals surface area contributed by atoms with Gasteiger partial charge in [0.2, 0.25) is 0 Å². The minimum Gasteiger partial charge on any atom is -0.478 e. The Morgan fingerprint density at radius 1 is 1.24 bits per heavy atom. The third kappa shape index (κ3) is 2.65. The van der Waals surface area contributed by atoms with E-state index < -0.39 is 5.97 Å². The van der Waals surface area contributed by atoms with Crippen LogP contribution in [0.3, 0.4) is 0 Å². The van der Waals surface area contributed by atoms with Gasteiger partial charge in [-0.3, -0.25) is 4.90 Å². The highest BCUT2D eigenvalue weighted by molar-refractivity contribution is 5.87. The SMILES string of the molecule is CN1CCN(C)C(c2ccc(C(=O)O)cc2)C1. The topological polar surface area (TPSA) is 43.8 Å². The molecule has 4 heteroatoms. The molecule has 2 rings (SSSR count). The van der Waals surface area contributed by atoms with Gasteiger partial charge in [0.1, 0.15) is 0 Å². The zero-order valence-corrected chi connectivity index (χ0v) is 10.3. The molecule has 0 bridgehead atoms. The summed E-state index contributed by atoms with van der Waals surface area (Å²) >= 11 is 0. The van der Waals surface area contributed by atoms with E-state index in [0.29, 0.717) is 11.6 Å². The van der Waals surface area contributed by atoms with E-state index in [1.807, 2.05) is 12.1 Å². The van der Waals surface area contributed by atoms with Crippen molar-refractivity contribution in [3.05, 3.63) is 35.4 Å². The number of carboxylic acid groups (broad SMARTS) is 1. The van der Waals surface area contributed by atoms with E-state index >= 15 is 0 Å². The fourth-order valence-corrected chi connectivity index (χ4v) is 2.22. The van der Waals surface area contributed by atoms with Crippen LogP contribution in [0.25, 0.3) is 0 Å². The third-order valence-electron chi connectivity index (χ3n) is 3.39. The molecular formula is C13H18N2O2. The van der Waals surface area contributed by atoms with E-state index in [-0.39, 0.29) is 0 Å². The molecule has 0 radical (unpaired) electrons. The predicted octanol–water partition coefficient (Wildman–Crippen LogP) is 1.30. The van der Waals surface area contributed by atoms with Gasteiger partial charge in [-0.15, -0.1) is 0 Å². The molecule has 1 aliphatic heterocycles. The van der Waals surface area contributed by atoms with Crippen molar-refractivity contribution in [1.29, 1.82) is 0 Å². The molecule has 1 fully saturated rings. The Balaban J connectivity index is 2.18. The largest absolute Gasteiger partial charge is 0.478 e. The van der Waals surface area contributed by atoms with Crippen molar-refractivity contribution in [2.24, 2.45) is 0 Å². The summed E-state index contributed by atoms with van der Waals surface area (Å²) < 4.78 is 0. The van der Waals surface area contributed by atoms with Crippen LogP contribution in [0.15, 0.2) is 24.3 Å². The van der Waals surface area contributed by atoms with Gasteiger partial charge in [0.25, 0.3) is 0 Å². The number of rotatable bonds is 2. The molecule has 1 atom stereocenters. The minimum absolute atomic E-state index is 0.348. The summed E-state index contributed by atoms with van der Waals surface area (Å²) in [4.78, 5) is 15.4. The second kappa shape index (κ2) is 4.85. The molecular weight excluding hydrogens is 216 g/mol. The monoisotopic (exact) mass is 234 g/mol. The highest BCUT2D eigenvalue weighted by Crippen LogP contribution is 2.23. The van der Waals surface area contributed by atoms with Crippen LogP contribution in [0, 0.1) is 0 Å². The fourth-order valence-electron chi connectivity index (χ4n) is 2.22. The second-order valence-corrected chi connectivity index (χ2v) is 4.69. The highest BCUT2D eigenvalue weighted by atomic mass is 16.4. The maximum absolute atomic E-state index is 10.8. The van der Waals surface area contributed by atoms with Crippen LogP contribution in [-0.4, -0.2) is 54.6 Å². The van der Waals surface area contributed by atoms with Gasteiger partial charge in [0.05, 0.1) is 5.56 Å². The van der Waals surface area contributed by atoms with Crippen LogP contribution in [0.1, 0.15) is 22.0 Å². The molecule has 1 aromatic carbocycles. The standard InChI is InChI=1S/C13H18N2O2/c1-14-7-8-15(2)12(9-14)10-3-5-11(6-4-10)13(16)17/h3-6,12H,7-9H2,1-2H3,(H,16,17). The Hall–Kier alpha value is -1.39. The average Bonchev–Trinajstić information content (AvgIpc) is 2.32. The lowest BCUT2D eigenvalue weighted by molar-refractivity contribution is 0.0696. The minimum atomic E-state index is -0.870. The normalized spacial score (nSPS) is 22.6. The maximum atomic E-state index is 10.8. The van der Waals surface area contributed by atoms with E-state index in [1.165, 1.54) is 5.56 Å². The number of piperazine rings is 1. The van der Waals surface area contributed by atoms with Crippen molar-refractivity contribution in [3.63, 3.8) is 0 Å². The smallest absolute Gasteiger partial charge is 0.335 e. The van der Waals surface area contributed by atoms with Crippen LogP contribution in [0.5, 0.6) is 0 Å². The lowest BCUT2D eigenvalue weighted by Gasteiger charge is -2.38. The van der Waals surface area contributed by atoms with Gasteiger partial charge in [-0.05, 0) is 31.8 Å². The first kappa shape index (κ1) is 12.1. The molecule has 1 heterocycles. The van der Waals surface area contributed by atoms with Crippen molar-refractivity contribution >= 4 is 5.97 Å². The first-order valence-corrected chi connectivity index (χ1v) is 5.80. The summed E-state index contributed by atoms with van der Waals surface area (Å²) in [6.07, 6.45) is 0. The van der Waals surface area contributed by atoms with Crippen LogP contribution in [0.2, 0.25) is 0 Å². The Bertz CT molecular complexity index is 402. The number of carboxylic acids is 1. The highest BCUT2D eigenvalue weighted by Gasteiger charge is 2.23. The molecule has 1 unspecified atom stereocenters. The average molecular weight is 234 g/mol. The number of nitrogens with zero attached hydrogens (tertiary/aromatic N) is 2. The van der Waals surface area contributed by atoms with E-state index in [0.717, 1.165) is 19.6 Å². The Morgan fingerprint density at radius 2 is 1.88 bits per heavy atom. The second-order valence-electron chi connectivity index (χ2n) is 4.69. The van der Waals surface area contributed by atoms with E-state index in [4.69, 9.17) is 5.11 Å². The molecule has 1 aliphatic rings. The summed E-state index contributed by atoms with van der Waals surface area (Å²) in [6, 6.07) is 7.56. The first-order valence-electron chi connectivity index (χ1n) is 5.80. The van der Waals surface area contributed by atoms with E-state index in [2.05, 4.69) is 23.9 Å². The molecule has 17 heavy (non-hydrogen) atoms. The van der Waals surface area contributed by atoms with Crippen LogP contribution in [0.4, 0.5) is 0 Å². The third-order valence-corrected chi connectivity index (χ3v) is 3.39. The summed E-state index contributed by atoms with van der Waals surface area (Å²) in [7, 11) is 4.23. The molecule has 1 saturated heterocycles. The van der Waals surface area contributed by atoms with Gasteiger partial charge in [-0.2, -0.15) is 0 Å². The van der Waals surface area contributed by atoms with Crippen molar-refractivity contribution < 1.29 is 9.90 Å². The zero-order valence-electron chi connectivity index (χ0n) is 10.3. The molecule has 4 nitrogen and oxygen atoms in total. The lowest BCUT2D eigenvalue weighted by Crippen LogP contribution is -2.44. The van der Waals surface area contributed by atoms with Crippen LogP contribution in [-0.2, 0) is 0 Å². The first-order chi connectivity index (χ1) is 8.08. The summed E-state index contributed by atoms with van der Waals surface area (Å²) in [5, 5.41) is 8.86. The Kier molecular flexibility index (Phi) is 3.45. The fraction of sp³-hybridized carbons (Fsp3) is 0.462. The molecule has 0 amide bonds. The quantitative estimate of drug-likeness (QED) is 0.837. The molecule has 0 spiro atoms. The van der Waals surface area contributed by atoms with Gasteiger partial charge < -0.3 is 10.0 Å². The Morgan fingerprint density at radius 3 is 2.47 bits per heavy atom. The number of benzene rings is 1. The van der Waals surface area contributed by atoms with E-state index in [9.17, 15) is 4.79 Å². The van der Waals surface area contributed by atoms with Crippen molar-refractivity contribution in [3.8, 4) is 0 Å². The summed E-state index contributed by atoms with van der Waals surface area (Å²) in [6.45, 7) is 3.12. The van der Waals surface area contributed by atoms with Crippen molar-refractivity contribution in [1.82, 2.24) is 9.80 Å². The summed E-state index contributed by atoms with van der Waals surface area (Å²) in [5.74, 6) is -0.870. The molecule has 1 N–H and O–H groups in total. The molecule has 0 saturated carbocycles. The maximum Gasteiger partial charge on any atom is 0.335 e. The Labute approximate surface area is 101 Å². The number of carbonyl (C=O) groups is 1. The van der Waals surface area contributed by atoms with Crippen LogP contribution >= 0.6 is 0 Å². The van der Waals surface area contributed by atoms with Gasteiger partial charge in [-0.25, -0.2) is 4.79 Å². The number of likely N-dealkylation sites (N-methyl/N-ethyl adjacent to an activating group) is 2. The van der Waals surface area contributed by atoms with Gasteiger partial charge in [-0.1, -0.05) is 12.1 Å². The van der Waals surface area contributed by atoms with E-state index in [1.54, 1.807) is 12.1 Å². The van der Waals surface area contributed by atoms with Crippen molar-refractivity contribution in [2.45, 2.75) is 6.04 Å². The number of hydrogen-bond donors (Lipinski definition) is 1. The molecule has 0 aliphatic carbocycles. The lowest BCUT2D eigenvalue weighted by atomic mass is 10.0. The number of hydrogen-bond acceptors (Lipinski definition) is 3. The predicted molar refractivity (Wildman–Crippen MR) is 66.3 cm³/mol. The van der Waals surface area contributed by atoms with Crippen molar-refractivity contribution in [2.75, 3.05) is 33.7 Å². The van der Waals surface area contributed by atoms with Crippen LogP contribution < -0.4 is 0 Å². The number of aromatic carboxylic acids is 1. The van der Waals surface area contributed by atoms with Gasteiger partial charge in [0.15, 0.2) is 0 Å². The van der Waals surface area contributed by atoms with Gasteiger partial charge >= 0.3 is 5.97 Å². The van der Waals surface area contributed by atoms with Gasteiger partial charge in [0, 0.05) is 25.7 Å². The summed E-state index contributed by atoms with van der Waals surface area (Å²) in [5.41, 5.74) is 1.53. The molecule has 1 aromatic rings.